The van der Waals surface area contributed by atoms with Crippen molar-refractivity contribution < 1.29 is 0 Å². The number of aromatic nitrogens is 2. The number of hydrogen-bond donors (Lipinski definition) is 0. The maximum Gasteiger partial charge on any atom is 0.145 e. The Kier molecular flexibility index (Phi) is 6.61. The molecule has 2 heteroatoms. The molecule has 214 valence electrons. The summed E-state index contributed by atoms with van der Waals surface area (Å²) in [5.74, 6) is 0.945. The molecule has 0 bridgehead atoms. The van der Waals surface area contributed by atoms with Crippen LogP contribution in [0, 0.1) is 6.92 Å². The Bertz CT molecular complexity index is 2370. The van der Waals surface area contributed by atoms with E-state index in [0.717, 1.165) is 28.1 Å². The van der Waals surface area contributed by atoms with E-state index >= 15 is 0 Å². The van der Waals surface area contributed by atoms with E-state index in [4.69, 9.17) is 4.98 Å². The van der Waals surface area contributed by atoms with Gasteiger partial charge in [0.2, 0.25) is 0 Å². The fourth-order valence-electron chi connectivity index (χ4n) is 6.91. The van der Waals surface area contributed by atoms with Gasteiger partial charge in [-0.1, -0.05) is 133 Å². The number of fused-ring (bicyclic) bond motifs is 3. The molecule has 0 N–H and O–H groups in total. The predicted molar refractivity (Wildman–Crippen MR) is 192 cm³/mol. The monoisotopic (exact) mass is 576 g/mol. The average Bonchev–Trinajstić information content (AvgIpc) is 3.49. The molecule has 7 aromatic carbocycles. The maximum absolute atomic E-state index is 5.04. The van der Waals surface area contributed by atoms with Crippen molar-refractivity contribution in [2.75, 3.05) is 0 Å². The SMILES string of the molecule is C/C=C\c1c(C)c(-c2ccc(-n3c(-c4ccccc4)nc4ccccc43)cc2)c2ccccc2c1-c1cccc2ccccc12. The number of para-hydroxylation sites is 2. The second-order valence-corrected chi connectivity index (χ2v) is 11.5. The summed E-state index contributed by atoms with van der Waals surface area (Å²) in [5.41, 5.74) is 11.8. The Morgan fingerprint density at radius 1 is 0.556 bits per heavy atom. The summed E-state index contributed by atoms with van der Waals surface area (Å²) >= 11 is 0. The van der Waals surface area contributed by atoms with E-state index in [-0.39, 0.29) is 0 Å². The lowest BCUT2D eigenvalue weighted by atomic mass is 9.83. The third-order valence-corrected chi connectivity index (χ3v) is 8.91. The van der Waals surface area contributed by atoms with Gasteiger partial charge in [-0.25, -0.2) is 4.98 Å². The fraction of sp³-hybridized carbons (Fsp3) is 0.0465. The van der Waals surface area contributed by atoms with Crippen molar-refractivity contribution >= 4 is 38.7 Å². The summed E-state index contributed by atoms with van der Waals surface area (Å²) in [6.07, 6.45) is 4.44. The topological polar surface area (TPSA) is 17.8 Å². The minimum Gasteiger partial charge on any atom is -0.292 e. The van der Waals surface area contributed by atoms with Crippen LogP contribution in [0.5, 0.6) is 0 Å². The van der Waals surface area contributed by atoms with Gasteiger partial charge in [-0.05, 0) is 93.0 Å². The standard InChI is InChI=1S/C43H32N2/c1-3-14-34-29(2)41(37-20-9-10-21-38(37)42(34)36-22-13-18-30-15-7-8-19-35(30)36)31-25-27-33(28-26-31)45-40-24-12-11-23-39(40)44-43(45)32-16-5-4-6-17-32/h3-28H,1-2H3/b14-3-. The lowest BCUT2D eigenvalue weighted by Crippen LogP contribution is -1.99. The van der Waals surface area contributed by atoms with Gasteiger partial charge in [0.05, 0.1) is 11.0 Å². The molecule has 0 spiro atoms. The van der Waals surface area contributed by atoms with E-state index in [9.17, 15) is 0 Å². The molecular formula is C43H32N2. The Morgan fingerprint density at radius 2 is 1.20 bits per heavy atom. The number of benzene rings is 7. The van der Waals surface area contributed by atoms with Gasteiger partial charge in [-0.15, -0.1) is 0 Å². The molecule has 0 aliphatic carbocycles. The zero-order valence-corrected chi connectivity index (χ0v) is 25.4. The highest BCUT2D eigenvalue weighted by molar-refractivity contribution is 6.13. The Morgan fingerprint density at radius 3 is 1.98 bits per heavy atom. The number of rotatable bonds is 5. The molecule has 0 atom stereocenters. The van der Waals surface area contributed by atoms with Crippen LogP contribution < -0.4 is 0 Å². The van der Waals surface area contributed by atoms with E-state index in [0.29, 0.717) is 0 Å². The van der Waals surface area contributed by atoms with Crippen LogP contribution in [0.4, 0.5) is 0 Å². The van der Waals surface area contributed by atoms with E-state index in [2.05, 4.69) is 170 Å². The molecule has 0 unspecified atom stereocenters. The van der Waals surface area contributed by atoms with Gasteiger partial charge in [0.25, 0.3) is 0 Å². The number of allylic oxidation sites excluding steroid dienone is 1. The molecule has 0 aliphatic heterocycles. The first-order chi connectivity index (χ1) is 22.2. The van der Waals surface area contributed by atoms with Crippen LogP contribution in [0.2, 0.25) is 0 Å². The van der Waals surface area contributed by atoms with Crippen molar-refractivity contribution in [3.8, 4) is 39.3 Å². The van der Waals surface area contributed by atoms with E-state index < -0.39 is 0 Å². The molecule has 0 amide bonds. The fourth-order valence-corrected chi connectivity index (χ4v) is 6.91. The Balaban J connectivity index is 1.34. The van der Waals surface area contributed by atoms with Crippen molar-refractivity contribution in [1.29, 1.82) is 0 Å². The maximum atomic E-state index is 5.04. The molecule has 0 saturated heterocycles. The zero-order chi connectivity index (χ0) is 30.3. The van der Waals surface area contributed by atoms with E-state index in [1.165, 1.54) is 54.9 Å². The van der Waals surface area contributed by atoms with Crippen molar-refractivity contribution in [3.05, 3.63) is 163 Å². The quantitative estimate of drug-likeness (QED) is 0.199. The molecule has 8 aromatic rings. The average molecular weight is 577 g/mol. The van der Waals surface area contributed by atoms with Crippen molar-refractivity contribution in [1.82, 2.24) is 9.55 Å². The third kappa shape index (κ3) is 4.46. The number of nitrogens with zero attached hydrogens (tertiary/aromatic N) is 2. The van der Waals surface area contributed by atoms with Crippen LogP contribution in [-0.2, 0) is 0 Å². The van der Waals surface area contributed by atoms with E-state index in [1.54, 1.807) is 0 Å². The smallest absolute Gasteiger partial charge is 0.145 e. The zero-order valence-electron chi connectivity index (χ0n) is 25.4. The second-order valence-electron chi connectivity index (χ2n) is 11.5. The predicted octanol–water partition coefficient (Wildman–Crippen LogP) is 11.7. The Labute approximate surface area is 263 Å². The van der Waals surface area contributed by atoms with E-state index in [1.807, 2.05) is 6.07 Å². The van der Waals surface area contributed by atoms with Gasteiger partial charge in [-0.3, -0.25) is 4.57 Å². The largest absolute Gasteiger partial charge is 0.292 e. The molecule has 1 aromatic heterocycles. The van der Waals surface area contributed by atoms with Crippen LogP contribution >= 0.6 is 0 Å². The lowest BCUT2D eigenvalue weighted by Gasteiger charge is -2.21. The molecular weight excluding hydrogens is 544 g/mol. The highest BCUT2D eigenvalue weighted by Gasteiger charge is 2.20. The highest BCUT2D eigenvalue weighted by atomic mass is 15.1. The van der Waals surface area contributed by atoms with Gasteiger partial charge in [0.15, 0.2) is 0 Å². The highest BCUT2D eigenvalue weighted by Crippen LogP contribution is 2.44. The summed E-state index contributed by atoms with van der Waals surface area (Å²) < 4.78 is 2.27. The summed E-state index contributed by atoms with van der Waals surface area (Å²) in [7, 11) is 0. The molecule has 0 fully saturated rings. The first kappa shape index (κ1) is 26.9. The van der Waals surface area contributed by atoms with Gasteiger partial charge >= 0.3 is 0 Å². The lowest BCUT2D eigenvalue weighted by molar-refractivity contribution is 1.10. The molecule has 2 nitrogen and oxygen atoms in total. The van der Waals surface area contributed by atoms with Crippen LogP contribution in [-0.4, -0.2) is 9.55 Å². The molecule has 8 rings (SSSR count). The Hall–Kier alpha value is -5.73. The van der Waals surface area contributed by atoms with Gasteiger partial charge in [0.1, 0.15) is 5.82 Å². The van der Waals surface area contributed by atoms with Crippen LogP contribution in [0.25, 0.3) is 78.0 Å². The molecule has 0 saturated carbocycles. The second kappa shape index (κ2) is 11.1. The minimum absolute atomic E-state index is 0.945. The van der Waals surface area contributed by atoms with Crippen molar-refractivity contribution in [3.63, 3.8) is 0 Å². The summed E-state index contributed by atoms with van der Waals surface area (Å²) in [5, 5.41) is 5.05. The minimum atomic E-state index is 0.945. The normalized spacial score (nSPS) is 11.7. The third-order valence-electron chi connectivity index (χ3n) is 8.91. The molecule has 0 radical (unpaired) electrons. The van der Waals surface area contributed by atoms with Crippen molar-refractivity contribution in [2.45, 2.75) is 13.8 Å². The van der Waals surface area contributed by atoms with Crippen LogP contribution in [0.1, 0.15) is 18.1 Å². The first-order valence-electron chi connectivity index (χ1n) is 15.5. The van der Waals surface area contributed by atoms with Gasteiger partial charge in [0, 0.05) is 11.3 Å². The summed E-state index contributed by atoms with van der Waals surface area (Å²) in [6.45, 7) is 4.38. The van der Waals surface area contributed by atoms with Gasteiger partial charge in [-0.2, -0.15) is 0 Å². The summed E-state index contributed by atoms with van der Waals surface area (Å²) in [6, 6.07) is 52.0. The van der Waals surface area contributed by atoms with Crippen molar-refractivity contribution in [2.24, 2.45) is 0 Å². The summed E-state index contributed by atoms with van der Waals surface area (Å²) in [4.78, 5) is 5.04. The van der Waals surface area contributed by atoms with Gasteiger partial charge < -0.3 is 0 Å². The molecule has 45 heavy (non-hydrogen) atoms. The first-order valence-corrected chi connectivity index (χ1v) is 15.5. The number of hydrogen-bond acceptors (Lipinski definition) is 1. The number of imidazole rings is 1. The molecule has 0 aliphatic rings. The van der Waals surface area contributed by atoms with Crippen LogP contribution in [0.3, 0.4) is 0 Å². The molecule has 1 heterocycles. The van der Waals surface area contributed by atoms with Crippen LogP contribution in [0.15, 0.2) is 152 Å².